The minimum atomic E-state index is -0.537. The summed E-state index contributed by atoms with van der Waals surface area (Å²) in [5, 5.41) is 13.6. The first-order valence-corrected chi connectivity index (χ1v) is 8.58. The minimum absolute atomic E-state index is 0.0538. The summed E-state index contributed by atoms with van der Waals surface area (Å²) in [6, 6.07) is 7.90. The zero-order valence-electron chi connectivity index (χ0n) is 13.8. The van der Waals surface area contributed by atoms with Gasteiger partial charge in [0.15, 0.2) is 0 Å². The number of Topliss-reactive ketones (excluding diaryl/α,β-unsaturated/α-hetero) is 1. The van der Waals surface area contributed by atoms with Crippen LogP contribution >= 0.6 is 0 Å². The van der Waals surface area contributed by atoms with Crippen molar-refractivity contribution in [2.24, 2.45) is 5.92 Å². The molecule has 0 radical (unpaired) electrons. The second-order valence-electron chi connectivity index (χ2n) is 6.65. The molecule has 0 saturated heterocycles. The smallest absolute Gasteiger partial charge is 0.137 e. The van der Waals surface area contributed by atoms with Gasteiger partial charge in [0.1, 0.15) is 5.78 Å². The molecular formula is C19H29NO2. The molecule has 0 aromatic heterocycles. The normalized spacial score (nSPS) is 18.9. The van der Waals surface area contributed by atoms with Gasteiger partial charge in [0.2, 0.25) is 0 Å². The molecular weight excluding hydrogens is 274 g/mol. The highest BCUT2D eigenvalue weighted by molar-refractivity contribution is 5.81. The van der Waals surface area contributed by atoms with Crippen LogP contribution in [-0.4, -0.2) is 23.5 Å². The van der Waals surface area contributed by atoms with E-state index in [1.165, 1.54) is 24.8 Å². The average molecular weight is 303 g/mol. The average Bonchev–Trinajstić information content (AvgIpc) is 2.55. The van der Waals surface area contributed by atoms with Crippen LogP contribution in [-0.2, 0) is 4.79 Å². The third kappa shape index (κ3) is 4.92. The summed E-state index contributed by atoms with van der Waals surface area (Å²) in [7, 11) is 0. The lowest BCUT2D eigenvalue weighted by Gasteiger charge is -2.23. The third-order valence-electron chi connectivity index (χ3n) is 4.79. The number of hydrogen-bond acceptors (Lipinski definition) is 3. The monoisotopic (exact) mass is 303 g/mol. The number of aryl methyl sites for hydroxylation is 1. The molecule has 3 nitrogen and oxygen atoms in total. The first kappa shape index (κ1) is 17.2. The molecule has 1 aromatic carbocycles. The fourth-order valence-electron chi connectivity index (χ4n) is 3.22. The number of rotatable bonds is 7. The molecule has 0 amide bonds. The standard InChI is InChI=1S/C19H29NO2/c1-14-8-10-17(11-9-14)19(22)15(2)20-13-12-18(21)16-6-4-3-5-7-16/h8-11,15-16,19-20,22H,3-7,12-13H2,1-2H3. The largest absolute Gasteiger partial charge is 0.387 e. The Labute approximate surface area is 134 Å². The van der Waals surface area contributed by atoms with Crippen molar-refractivity contribution >= 4 is 5.78 Å². The molecule has 2 N–H and O–H groups in total. The highest BCUT2D eigenvalue weighted by Gasteiger charge is 2.21. The summed E-state index contributed by atoms with van der Waals surface area (Å²) < 4.78 is 0. The van der Waals surface area contributed by atoms with Crippen molar-refractivity contribution in [1.82, 2.24) is 5.32 Å². The van der Waals surface area contributed by atoms with Crippen molar-refractivity contribution in [3.8, 4) is 0 Å². The van der Waals surface area contributed by atoms with Crippen molar-refractivity contribution in [1.29, 1.82) is 0 Å². The van der Waals surface area contributed by atoms with E-state index in [9.17, 15) is 9.90 Å². The number of carbonyl (C=O) groups excluding carboxylic acids is 1. The van der Waals surface area contributed by atoms with Gasteiger partial charge in [0.25, 0.3) is 0 Å². The number of nitrogens with one attached hydrogen (secondary N) is 1. The molecule has 1 aliphatic carbocycles. The number of aliphatic hydroxyl groups excluding tert-OH is 1. The van der Waals surface area contributed by atoms with E-state index in [2.05, 4.69) is 5.32 Å². The first-order valence-electron chi connectivity index (χ1n) is 8.58. The van der Waals surface area contributed by atoms with Crippen molar-refractivity contribution in [3.63, 3.8) is 0 Å². The Morgan fingerprint density at radius 3 is 2.50 bits per heavy atom. The molecule has 3 heteroatoms. The van der Waals surface area contributed by atoms with Gasteiger partial charge < -0.3 is 10.4 Å². The maximum absolute atomic E-state index is 12.2. The fourth-order valence-corrected chi connectivity index (χ4v) is 3.22. The van der Waals surface area contributed by atoms with Gasteiger partial charge in [-0.3, -0.25) is 4.79 Å². The quantitative estimate of drug-likeness (QED) is 0.810. The van der Waals surface area contributed by atoms with Crippen LogP contribution in [0.4, 0.5) is 0 Å². The number of benzene rings is 1. The third-order valence-corrected chi connectivity index (χ3v) is 4.79. The van der Waals surface area contributed by atoms with Crippen molar-refractivity contribution in [2.75, 3.05) is 6.54 Å². The molecule has 1 aliphatic rings. The lowest BCUT2D eigenvalue weighted by molar-refractivity contribution is -0.123. The predicted molar refractivity (Wildman–Crippen MR) is 89.8 cm³/mol. The maximum Gasteiger partial charge on any atom is 0.137 e. The number of aliphatic hydroxyl groups is 1. The molecule has 1 aromatic rings. The molecule has 122 valence electrons. The van der Waals surface area contributed by atoms with Crippen LogP contribution in [0.15, 0.2) is 24.3 Å². The molecule has 0 bridgehead atoms. The fraction of sp³-hybridized carbons (Fsp3) is 0.632. The Hall–Kier alpha value is -1.19. The molecule has 2 rings (SSSR count). The van der Waals surface area contributed by atoms with Crippen LogP contribution in [0.3, 0.4) is 0 Å². The van der Waals surface area contributed by atoms with E-state index < -0.39 is 6.10 Å². The molecule has 2 unspecified atom stereocenters. The Morgan fingerprint density at radius 1 is 1.23 bits per heavy atom. The lowest BCUT2D eigenvalue weighted by atomic mass is 9.85. The van der Waals surface area contributed by atoms with Crippen LogP contribution in [0.5, 0.6) is 0 Å². The Balaban J connectivity index is 1.73. The van der Waals surface area contributed by atoms with E-state index in [4.69, 9.17) is 0 Å². The molecule has 1 saturated carbocycles. The van der Waals surface area contributed by atoms with Gasteiger partial charge in [0.05, 0.1) is 6.10 Å². The molecule has 2 atom stereocenters. The van der Waals surface area contributed by atoms with Crippen molar-refractivity contribution in [3.05, 3.63) is 35.4 Å². The van der Waals surface area contributed by atoms with Crippen LogP contribution < -0.4 is 5.32 Å². The van der Waals surface area contributed by atoms with Gasteiger partial charge in [0, 0.05) is 24.9 Å². The summed E-state index contributed by atoms with van der Waals surface area (Å²) in [6.07, 6.45) is 5.86. The summed E-state index contributed by atoms with van der Waals surface area (Å²) in [6.45, 7) is 4.66. The van der Waals surface area contributed by atoms with E-state index in [1.807, 2.05) is 38.1 Å². The lowest BCUT2D eigenvalue weighted by Crippen LogP contribution is -2.34. The van der Waals surface area contributed by atoms with E-state index in [-0.39, 0.29) is 12.0 Å². The van der Waals surface area contributed by atoms with Gasteiger partial charge in [-0.25, -0.2) is 0 Å². The summed E-state index contributed by atoms with van der Waals surface area (Å²) in [5.74, 6) is 0.678. The predicted octanol–water partition coefficient (Wildman–Crippen LogP) is 3.55. The molecule has 0 spiro atoms. The maximum atomic E-state index is 12.2. The summed E-state index contributed by atoms with van der Waals surface area (Å²) in [4.78, 5) is 12.2. The Kier molecular flexibility index (Phi) is 6.59. The minimum Gasteiger partial charge on any atom is -0.387 e. The van der Waals surface area contributed by atoms with Crippen LogP contribution in [0.25, 0.3) is 0 Å². The first-order chi connectivity index (χ1) is 10.6. The molecule has 1 fully saturated rings. The zero-order valence-corrected chi connectivity index (χ0v) is 13.8. The van der Waals surface area contributed by atoms with Crippen molar-refractivity contribution < 1.29 is 9.90 Å². The second kappa shape index (κ2) is 8.44. The summed E-state index contributed by atoms with van der Waals surface area (Å²) >= 11 is 0. The van der Waals surface area contributed by atoms with Gasteiger partial charge in [-0.05, 0) is 32.3 Å². The number of hydrogen-bond donors (Lipinski definition) is 2. The molecule has 0 heterocycles. The van der Waals surface area contributed by atoms with Gasteiger partial charge >= 0.3 is 0 Å². The van der Waals surface area contributed by atoms with Gasteiger partial charge in [-0.2, -0.15) is 0 Å². The van der Waals surface area contributed by atoms with Gasteiger partial charge in [-0.15, -0.1) is 0 Å². The highest BCUT2D eigenvalue weighted by Crippen LogP contribution is 2.25. The second-order valence-corrected chi connectivity index (χ2v) is 6.65. The number of ketones is 1. The number of carbonyl (C=O) groups is 1. The van der Waals surface area contributed by atoms with Gasteiger partial charge in [-0.1, -0.05) is 49.1 Å². The van der Waals surface area contributed by atoms with E-state index in [1.54, 1.807) is 0 Å². The van der Waals surface area contributed by atoms with Crippen molar-refractivity contribution in [2.45, 2.75) is 64.5 Å². The van der Waals surface area contributed by atoms with E-state index in [0.29, 0.717) is 18.7 Å². The van der Waals surface area contributed by atoms with E-state index >= 15 is 0 Å². The van der Waals surface area contributed by atoms with E-state index in [0.717, 1.165) is 18.4 Å². The Bertz CT molecular complexity index is 463. The zero-order chi connectivity index (χ0) is 15.9. The molecule has 22 heavy (non-hydrogen) atoms. The topological polar surface area (TPSA) is 49.3 Å². The van der Waals surface area contributed by atoms with Crippen LogP contribution in [0.2, 0.25) is 0 Å². The summed E-state index contributed by atoms with van der Waals surface area (Å²) in [5.41, 5.74) is 2.11. The SMILES string of the molecule is Cc1ccc(C(O)C(C)NCCC(=O)C2CCCCC2)cc1. The molecule has 0 aliphatic heterocycles. The van der Waals surface area contributed by atoms with Crippen LogP contribution in [0, 0.1) is 12.8 Å². The Morgan fingerprint density at radius 2 is 1.86 bits per heavy atom. The highest BCUT2D eigenvalue weighted by atomic mass is 16.3. The van der Waals surface area contributed by atoms with Crippen LogP contribution in [0.1, 0.15) is 62.7 Å².